The summed E-state index contributed by atoms with van der Waals surface area (Å²) >= 11 is 0. The van der Waals surface area contributed by atoms with Gasteiger partial charge in [-0.2, -0.15) is 10.2 Å². The van der Waals surface area contributed by atoms with Crippen LogP contribution in [0.5, 0.6) is 0 Å². The van der Waals surface area contributed by atoms with E-state index in [-0.39, 0.29) is 23.0 Å². The molecule has 5 rings (SSSR count). The predicted molar refractivity (Wildman–Crippen MR) is 142 cm³/mol. The molecule has 40 heavy (non-hydrogen) atoms. The lowest BCUT2D eigenvalue weighted by molar-refractivity contribution is -0.385. The number of nitro benzene ring substituents is 2. The third-order valence-corrected chi connectivity index (χ3v) is 7.07. The van der Waals surface area contributed by atoms with Crippen molar-refractivity contribution in [1.82, 2.24) is 14.8 Å². The minimum Gasteiger partial charge on any atom is -0.265 e. The molecule has 3 aromatic rings. The van der Waals surface area contributed by atoms with E-state index in [0.29, 0.717) is 30.7 Å². The summed E-state index contributed by atoms with van der Waals surface area (Å²) in [6.07, 6.45) is 5.13. The fourth-order valence-electron chi connectivity index (χ4n) is 5.16. The third-order valence-electron chi connectivity index (χ3n) is 7.07. The quantitative estimate of drug-likeness (QED) is 0.291. The van der Waals surface area contributed by atoms with E-state index >= 15 is 0 Å². The molecule has 0 radical (unpaired) electrons. The lowest BCUT2D eigenvalue weighted by Crippen LogP contribution is -2.32. The lowest BCUT2D eigenvalue weighted by atomic mass is 9.77. The number of carbonyl (C=O) groups is 1. The largest absolute Gasteiger partial charge is 0.320 e. The molecule has 2 aliphatic rings. The number of rotatable bonds is 7. The number of allylic oxidation sites excluding steroid dienone is 1. The highest BCUT2D eigenvalue weighted by molar-refractivity contribution is 6.09. The number of aromatic nitrogens is 2. The van der Waals surface area contributed by atoms with Crippen molar-refractivity contribution in [1.29, 1.82) is 0 Å². The fraction of sp³-hybridized carbons (Fsp3) is 0.269. The number of non-ortho nitro benzene ring substituents is 2. The Morgan fingerprint density at radius 2 is 1.60 bits per heavy atom. The first kappa shape index (κ1) is 26.3. The second-order valence-electron chi connectivity index (χ2n) is 9.42. The SMILES string of the molecule is CCn1cc([N+](=O)[O-])c(C(=O)N2N=C3/C(=C/c4ccc([N+](=O)[O-])cc4)CCC[C@H]3[C@@H]2c2ccc([N+](=O)[O-])cc2)n1. The Morgan fingerprint density at radius 1 is 0.975 bits per heavy atom. The van der Waals surface area contributed by atoms with Crippen molar-refractivity contribution in [3.8, 4) is 0 Å². The highest BCUT2D eigenvalue weighted by Gasteiger charge is 2.46. The number of carbonyl (C=O) groups excluding carboxylic acids is 1. The monoisotopic (exact) mass is 545 g/mol. The molecule has 204 valence electrons. The third kappa shape index (κ3) is 4.81. The van der Waals surface area contributed by atoms with Crippen molar-refractivity contribution in [2.75, 3.05) is 0 Å². The van der Waals surface area contributed by atoms with Gasteiger partial charge in [-0.05, 0) is 61.1 Å². The number of amides is 1. The summed E-state index contributed by atoms with van der Waals surface area (Å²) in [6.45, 7) is 2.06. The Balaban J connectivity index is 1.59. The fourth-order valence-corrected chi connectivity index (χ4v) is 5.16. The Bertz CT molecular complexity index is 1580. The van der Waals surface area contributed by atoms with Gasteiger partial charge in [-0.25, -0.2) is 5.01 Å². The van der Waals surface area contributed by atoms with E-state index in [2.05, 4.69) is 10.2 Å². The van der Waals surface area contributed by atoms with E-state index in [1.807, 2.05) is 6.08 Å². The van der Waals surface area contributed by atoms with E-state index < -0.39 is 32.4 Å². The van der Waals surface area contributed by atoms with E-state index in [9.17, 15) is 35.1 Å². The van der Waals surface area contributed by atoms with Gasteiger partial charge in [-0.1, -0.05) is 12.1 Å². The van der Waals surface area contributed by atoms with Gasteiger partial charge in [0.25, 0.3) is 11.4 Å². The summed E-state index contributed by atoms with van der Waals surface area (Å²) in [5.41, 5.74) is 1.84. The topological polar surface area (TPSA) is 180 Å². The highest BCUT2D eigenvalue weighted by Crippen LogP contribution is 2.45. The lowest BCUT2D eigenvalue weighted by Gasteiger charge is -2.29. The first-order valence-electron chi connectivity index (χ1n) is 12.5. The van der Waals surface area contributed by atoms with E-state index in [4.69, 9.17) is 0 Å². The molecular weight excluding hydrogens is 522 g/mol. The maximum absolute atomic E-state index is 13.8. The van der Waals surface area contributed by atoms with Gasteiger partial charge in [0.2, 0.25) is 5.69 Å². The van der Waals surface area contributed by atoms with Crippen LogP contribution in [0.3, 0.4) is 0 Å². The standard InChI is InChI=1S/C26H23N7O7/c1-2-29-15-22(33(39)40)24(27-29)26(34)30-25(17-8-12-20(13-9-17)32(37)38)21-5-3-4-18(23(21)28-30)14-16-6-10-19(11-7-16)31(35)36/h6-15,21,25H,2-5H2,1H3/b18-14+/t21-,25+/m1/s1. The summed E-state index contributed by atoms with van der Waals surface area (Å²) in [6, 6.07) is 11.2. The van der Waals surface area contributed by atoms with Gasteiger partial charge < -0.3 is 0 Å². The Morgan fingerprint density at radius 3 is 2.17 bits per heavy atom. The minimum absolute atomic E-state index is 0.0370. The second-order valence-corrected chi connectivity index (χ2v) is 9.42. The molecule has 1 aliphatic heterocycles. The smallest absolute Gasteiger partial charge is 0.265 e. The number of fused-ring (bicyclic) bond motifs is 1. The summed E-state index contributed by atoms with van der Waals surface area (Å²) in [5.74, 6) is -1.03. The molecule has 1 aromatic heterocycles. The predicted octanol–water partition coefficient (Wildman–Crippen LogP) is 5.06. The average molecular weight is 546 g/mol. The molecule has 1 fully saturated rings. The van der Waals surface area contributed by atoms with Gasteiger partial charge in [0.15, 0.2) is 0 Å². The zero-order valence-electron chi connectivity index (χ0n) is 21.2. The first-order valence-corrected chi connectivity index (χ1v) is 12.5. The van der Waals surface area contributed by atoms with Gasteiger partial charge in [0, 0.05) is 36.7 Å². The molecule has 2 atom stereocenters. The van der Waals surface area contributed by atoms with Crippen molar-refractivity contribution in [3.63, 3.8) is 0 Å². The van der Waals surface area contributed by atoms with Crippen LogP contribution < -0.4 is 0 Å². The molecule has 14 heteroatoms. The van der Waals surface area contributed by atoms with Crippen LogP contribution in [0.25, 0.3) is 6.08 Å². The Hall–Kier alpha value is -5.27. The van der Waals surface area contributed by atoms with Crippen molar-refractivity contribution in [3.05, 3.63) is 107 Å². The van der Waals surface area contributed by atoms with Gasteiger partial charge in [-0.15, -0.1) is 0 Å². The summed E-state index contributed by atoms with van der Waals surface area (Å²) in [5, 5.41) is 44.0. The van der Waals surface area contributed by atoms with Crippen LogP contribution in [-0.2, 0) is 6.54 Å². The van der Waals surface area contributed by atoms with Crippen LogP contribution in [0.2, 0.25) is 0 Å². The van der Waals surface area contributed by atoms with Crippen LogP contribution in [0.15, 0.2) is 65.4 Å². The van der Waals surface area contributed by atoms with Gasteiger partial charge in [0.05, 0.1) is 26.5 Å². The molecule has 0 saturated heterocycles. The zero-order valence-corrected chi connectivity index (χ0v) is 21.2. The summed E-state index contributed by atoms with van der Waals surface area (Å²) < 4.78 is 1.31. The summed E-state index contributed by atoms with van der Waals surface area (Å²) in [7, 11) is 0. The highest BCUT2D eigenvalue weighted by atomic mass is 16.6. The van der Waals surface area contributed by atoms with E-state index in [1.165, 1.54) is 40.2 Å². The van der Waals surface area contributed by atoms with Crippen LogP contribution in [-0.4, -0.2) is 41.2 Å². The summed E-state index contributed by atoms with van der Waals surface area (Å²) in [4.78, 5) is 46.1. The van der Waals surface area contributed by atoms with Crippen molar-refractivity contribution < 1.29 is 19.6 Å². The Labute approximate surface area is 226 Å². The minimum atomic E-state index is -0.751. The van der Waals surface area contributed by atoms with Crippen molar-refractivity contribution in [2.24, 2.45) is 11.0 Å². The number of hydrazone groups is 1. The van der Waals surface area contributed by atoms with Crippen LogP contribution in [0.1, 0.15) is 53.8 Å². The molecule has 0 N–H and O–H groups in total. The molecule has 2 aromatic carbocycles. The van der Waals surface area contributed by atoms with Gasteiger partial charge >= 0.3 is 11.6 Å². The molecule has 1 aliphatic carbocycles. The van der Waals surface area contributed by atoms with Gasteiger partial charge in [0.1, 0.15) is 6.20 Å². The second kappa shape index (κ2) is 10.5. The molecule has 1 saturated carbocycles. The molecular formula is C26H23N7O7. The molecule has 0 unspecified atom stereocenters. The van der Waals surface area contributed by atoms with E-state index in [0.717, 1.165) is 17.6 Å². The molecule has 0 spiro atoms. The number of hydrogen-bond acceptors (Lipinski definition) is 9. The first-order chi connectivity index (χ1) is 19.2. The van der Waals surface area contributed by atoms with Crippen LogP contribution >= 0.6 is 0 Å². The number of nitro groups is 3. The molecule has 0 bridgehead atoms. The van der Waals surface area contributed by atoms with Crippen molar-refractivity contribution in [2.45, 2.75) is 38.8 Å². The number of nitrogens with zero attached hydrogens (tertiary/aromatic N) is 7. The molecule has 14 nitrogen and oxygen atoms in total. The zero-order chi connectivity index (χ0) is 28.6. The molecule has 1 amide bonds. The van der Waals surface area contributed by atoms with Crippen molar-refractivity contribution >= 4 is 34.8 Å². The molecule has 2 heterocycles. The van der Waals surface area contributed by atoms with E-state index in [1.54, 1.807) is 31.2 Å². The van der Waals surface area contributed by atoms with Crippen LogP contribution in [0, 0.1) is 36.3 Å². The number of benzene rings is 2. The normalized spacial score (nSPS) is 19.3. The number of aryl methyl sites for hydroxylation is 1. The maximum atomic E-state index is 13.8. The van der Waals surface area contributed by atoms with Gasteiger partial charge in [-0.3, -0.25) is 39.8 Å². The Kier molecular flexibility index (Phi) is 6.90. The average Bonchev–Trinajstić information content (AvgIpc) is 3.56. The number of hydrogen-bond donors (Lipinski definition) is 0. The maximum Gasteiger partial charge on any atom is 0.320 e. The van der Waals surface area contributed by atoms with Crippen LogP contribution in [0.4, 0.5) is 17.1 Å².